The quantitative estimate of drug-likeness (QED) is 0.0784. The largest absolute Gasteiger partial charge is 0.466 e. The molecule has 226 valence electrons. The molecule has 1 fully saturated rings. The zero-order chi connectivity index (χ0) is 28.2. The summed E-state index contributed by atoms with van der Waals surface area (Å²) in [7, 11) is -4.42. The van der Waals surface area contributed by atoms with Gasteiger partial charge in [0.15, 0.2) is 0 Å². The number of hydrogen-bond donors (Lipinski definition) is 4. The Morgan fingerprint density at radius 1 is 0.684 bits per heavy atom. The van der Waals surface area contributed by atoms with E-state index in [1.165, 1.54) is 77.0 Å². The first-order valence-electron chi connectivity index (χ1n) is 15.0. The van der Waals surface area contributed by atoms with Gasteiger partial charge in [-0.25, -0.2) is 0 Å². The van der Waals surface area contributed by atoms with Gasteiger partial charge in [0.25, 0.3) is 10.1 Å². The van der Waals surface area contributed by atoms with Gasteiger partial charge >= 0.3 is 5.97 Å². The van der Waals surface area contributed by atoms with Crippen molar-refractivity contribution in [1.82, 2.24) is 0 Å². The SMILES string of the molecule is CCCCCCCCCCCCCCCCCC(=O)OCCCC[C@H]1O[C@H](CS(=O)(=O)O)[C@@H](O)[C@H](O)[C@H]1O. The minimum absolute atomic E-state index is 0.222. The lowest BCUT2D eigenvalue weighted by Crippen LogP contribution is -2.59. The molecule has 0 spiro atoms. The smallest absolute Gasteiger partial charge is 0.305 e. The van der Waals surface area contributed by atoms with Gasteiger partial charge in [0.05, 0.1) is 12.7 Å². The van der Waals surface area contributed by atoms with Crippen LogP contribution in [0.3, 0.4) is 0 Å². The number of hydrogen-bond acceptors (Lipinski definition) is 8. The van der Waals surface area contributed by atoms with Crippen LogP contribution in [0, 0.1) is 0 Å². The topological polar surface area (TPSA) is 151 Å². The zero-order valence-corrected chi connectivity index (χ0v) is 24.3. The summed E-state index contributed by atoms with van der Waals surface area (Å²) in [5.41, 5.74) is 0. The van der Waals surface area contributed by atoms with E-state index < -0.39 is 46.4 Å². The van der Waals surface area contributed by atoms with Crippen LogP contribution < -0.4 is 0 Å². The van der Waals surface area contributed by atoms with Gasteiger partial charge in [0.2, 0.25) is 0 Å². The first kappa shape index (κ1) is 35.2. The van der Waals surface area contributed by atoms with E-state index >= 15 is 0 Å². The molecule has 1 aliphatic rings. The third-order valence-electron chi connectivity index (χ3n) is 7.32. The van der Waals surface area contributed by atoms with Gasteiger partial charge in [-0.3, -0.25) is 9.35 Å². The summed E-state index contributed by atoms with van der Waals surface area (Å²) < 4.78 is 41.9. The van der Waals surface area contributed by atoms with Crippen molar-refractivity contribution in [2.75, 3.05) is 12.4 Å². The zero-order valence-electron chi connectivity index (χ0n) is 23.5. The molecule has 4 N–H and O–H groups in total. The maximum Gasteiger partial charge on any atom is 0.305 e. The molecule has 5 atom stereocenters. The van der Waals surface area contributed by atoms with Gasteiger partial charge in [-0.15, -0.1) is 0 Å². The van der Waals surface area contributed by atoms with Crippen LogP contribution in [0.4, 0.5) is 0 Å². The van der Waals surface area contributed by atoms with E-state index in [9.17, 15) is 28.5 Å². The molecular weight excluding hydrogens is 512 g/mol. The molecule has 1 saturated heterocycles. The molecule has 0 aromatic carbocycles. The van der Waals surface area contributed by atoms with E-state index in [1.54, 1.807) is 0 Å². The third kappa shape index (κ3) is 17.0. The van der Waals surface area contributed by atoms with E-state index in [0.717, 1.165) is 19.3 Å². The molecule has 0 aromatic heterocycles. The summed E-state index contributed by atoms with van der Waals surface area (Å²) in [5, 5.41) is 30.0. The van der Waals surface area contributed by atoms with E-state index in [0.29, 0.717) is 19.3 Å². The maximum atomic E-state index is 11.9. The molecular formula is C28H54O9S. The Hall–Kier alpha value is -0.780. The van der Waals surface area contributed by atoms with Crippen molar-refractivity contribution >= 4 is 16.1 Å². The molecule has 0 amide bonds. The third-order valence-corrected chi connectivity index (χ3v) is 8.07. The van der Waals surface area contributed by atoms with Crippen LogP contribution in [0.25, 0.3) is 0 Å². The molecule has 1 rings (SSSR count). The predicted octanol–water partition coefficient (Wildman–Crippen LogP) is 4.70. The Kier molecular flexibility index (Phi) is 19.5. The van der Waals surface area contributed by atoms with Crippen LogP contribution in [0.5, 0.6) is 0 Å². The highest BCUT2D eigenvalue weighted by Gasteiger charge is 2.44. The Morgan fingerprint density at radius 2 is 1.16 bits per heavy atom. The van der Waals surface area contributed by atoms with Crippen molar-refractivity contribution in [2.24, 2.45) is 0 Å². The highest BCUT2D eigenvalue weighted by Crippen LogP contribution is 2.25. The fraction of sp³-hybridized carbons (Fsp3) is 0.964. The summed E-state index contributed by atoms with van der Waals surface area (Å²) in [6.45, 7) is 2.49. The second-order valence-electron chi connectivity index (χ2n) is 10.8. The van der Waals surface area contributed by atoms with Crippen LogP contribution in [0.15, 0.2) is 0 Å². The van der Waals surface area contributed by atoms with E-state index in [4.69, 9.17) is 14.0 Å². The molecule has 0 saturated carbocycles. The minimum atomic E-state index is -4.42. The second-order valence-corrected chi connectivity index (χ2v) is 12.3. The number of esters is 1. The fourth-order valence-electron chi connectivity index (χ4n) is 4.96. The van der Waals surface area contributed by atoms with Crippen molar-refractivity contribution in [1.29, 1.82) is 0 Å². The maximum absolute atomic E-state index is 11.9. The molecule has 1 heterocycles. The first-order valence-corrected chi connectivity index (χ1v) is 16.6. The van der Waals surface area contributed by atoms with E-state index in [2.05, 4.69) is 6.92 Å². The lowest BCUT2D eigenvalue weighted by atomic mass is 9.93. The van der Waals surface area contributed by atoms with E-state index in [1.807, 2.05) is 0 Å². The van der Waals surface area contributed by atoms with Gasteiger partial charge in [-0.1, -0.05) is 96.8 Å². The predicted molar refractivity (Wildman–Crippen MR) is 147 cm³/mol. The number of aliphatic hydroxyl groups excluding tert-OH is 3. The van der Waals surface area contributed by atoms with Crippen molar-refractivity contribution in [3.05, 3.63) is 0 Å². The molecule has 0 bridgehead atoms. The van der Waals surface area contributed by atoms with Gasteiger partial charge in [-0.05, 0) is 25.7 Å². The molecule has 9 nitrogen and oxygen atoms in total. The summed E-state index contributed by atoms with van der Waals surface area (Å²) in [6.07, 6.45) is 14.0. The normalized spacial score (nSPS) is 24.0. The highest BCUT2D eigenvalue weighted by atomic mass is 32.2. The summed E-state index contributed by atoms with van der Waals surface area (Å²) >= 11 is 0. The highest BCUT2D eigenvalue weighted by molar-refractivity contribution is 7.85. The summed E-state index contributed by atoms with van der Waals surface area (Å²) in [5.74, 6) is -1.09. The second kappa shape index (κ2) is 21.0. The van der Waals surface area contributed by atoms with Crippen LogP contribution in [-0.4, -0.2) is 77.1 Å². The number of unbranched alkanes of at least 4 members (excludes halogenated alkanes) is 15. The lowest BCUT2D eigenvalue weighted by molar-refractivity contribution is -0.217. The first-order chi connectivity index (χ1) is 18.2. The van der Waals surface area contributed by atoms with Crippen LogP contribution in [-0.2, 0) is 24.4 Å². The molecule has 1 aliphatic heterocycles. The number of aliphatic hydroxyl groups is 3. The van der Waals surface area contributed by atoms with Gasteiger partial charge in [0.1, 0.15) is 30.2 Å². The average Bonchev–Trinajstić information content (AvgIpc) is 2.86. The standard InChI is InChI=1S/C28H54O9S/c1-2-3-4-5-6-7-8-9-10-11-12-13-14-15-16-20-25(29)36-21-18-17-19-23-26(30)28(32)27(31)24(37-23)22-38(33,34)35/h23-24,26-28,30-32H,2-22H2,1H3,(H,33,34,35)/t23-,24-,26+,27-,28-/m1/s1. The van der Waals surface area contributed by atoms with Crippen molar-refractivity contribution in [2.45, 2.75) is 159 Å². The lowest BCUT2D eigenvalue weighted by Gasteiger charge is -2.40. The van der Waals surface area contributed by atoms with Gasteiger partial charge in [-0.2, -0.15) is 8.42 Å². The van der Waals surface area contributed by atoms with Gasteiger partial charge in [0, 0.05) is 6.42 Å². The Balaban J connectivity index is 1.97. The molecule has 0 radical (unpaired) electrons. The monoisotopic (exact) mass is 566 g/mol. The summed E-state index contributed by atoms with van der Waals surface area (Å²) in [6, 6.07) is 0. The van der Waals surface area contributed by atoms with Crippen molar-refractivity contribution in [3.8, 4) is 0 Å². The average molecular weight is 567 g/mol. The Bertz CT molecular complexity index is 700. The number of carbonyl (C=O) groups is 1. The molecule has 10 heteroatoms. The summed E-state index contributed by atoms with van der Waals surface area (Å²) in [4.78, 5) is 11.9. The van der Waals surface area contributed by atoms with Crippen LogP contribution in [0.1, 0.15) is 129 Å². The van der Waals surface area contributed by atoms with Crippen LogP contribution >= 0.6 is 0 Å². The number of rotatable bonds is 23. The number of ether oxygens (including phenoxy) is 2. The minimum Gasteiger partial charge on any atom is -0.466 e. The van der Waals surface area contributed by atoms with E-state index in [-0.39, 0.29) is 19.0 Å². The van der Waals surface area contributed by atoms with Gasteiger partial charge < -0.3 is 24.8 Å². The van der Waals surface area contributed by atoms with Crippen molar-refractivity contribution in [3.63, 3.8) is 0 Å². The van der Waals surface area contributed by atoms with Crippen LogP contribution in [0.2, 0.25) is 0 Å². The molecule has 0 unspecified atom stereocenters. The number of carbonyl (C=O) groups excluding carboxylic acids is 1. The molecule has 0 aliphatic carbocycles. The molecule has 0 aromatic rings. The Labute approximate surface area is 230 Å². The fourth-order valence-corrected chi connectivity index (χ4v) is 5.65. The van der Waals surface area contributed by atoms with Crippen molar-refractivity contribution < 1.29 is 42.6 Å². The Morgan fingerprint density at radius 3 is 1.66 bits per heavy atom. The molecule has 38 heavy (non-hydrogen) atoms.